The fourth-order valence-electron chi connectivity index (χ4n) is 3.55. The smallest absolute Gasteiger partial charge is 0.277 e. The lowest BCUT2D eigenvalue weighted by atomic mass is 10.1. The number of pyridine rings is 3. The number of aliphatic hydroxyl groups is 1. The van der Waals surface area contributed by atoms with Gasteiger partial charge in [-0.1, -0.05) is 11.6 Å². The van der Waals surface area contributed by atoms with Gasteiger partial charge in [-0.25, -0.2) is 14.4 Å². The molecule has 0 atom stereocenters. The summed E-state index contributed by atoms with van der Waals surface area (Å²) in [5.41, 5.74) is 0.342. The molecule has 4 aromatic heterocycles. The molecular formula is C26H22ClFN6O3. The van der Waals surface area contributed by atoms with E-state index in [1.54, 1.807) is 33.8 Å². The minimum atomic E-state index is -1.28. The molecule has 0 unspecified atom stereocenters. The van der Waals surface area contributed by atoms with Gasteiger partial charge in [0.15, 0.2) is 5.82 Å². The normalized spacial score (nSPS) is 11.3. The molecule has 4 rings (SSSR count). The van der Waals surface area contributed by atoms with E-state index < -0.39 is 17.0 Å². The maximum absolute atomic E-state index is 14.1. The first-order valence-corrected chi connectivity index (χ1v) is 11.5. The molecule has 188 valence electrons. The van der Waals surface area contributed by atoms with Crippen LogP contribution in [0.4, 0.5) is 4.39 Å². The maximum atomic E-state index is 14.1. The van der Waals surface area contributed by atoms with Crippen molar-refractivity contribution in [2.24, 2.45) is 0 Å². The second kappa shape index (κ2) is 10.0. The summed E-state index contributed by atoms with van der Waals surface area (Å²) in [7, 11) is 0. The minimum Gasteiger partial charge on any atom is -0.485 e. The zero-order valence-corrected chi connectivity index (χ0v) is 21.2. The number of nitrogens with zero attached hydrogens (tertiary/aromatic N) is 6. The molecule has 37 heavy (non-hydrogen) atoms. The van der Waals surface area contributed by atoms with E-state index in [2.05, 4.69) is 19.9 Å². The lowest BCUT2D eigenvalue weighted by Crippen LogP contribution is -2.23. The van der Waals surface area contributed by atoms with Crippen LogP contribution in [0.15, 0.2) is 47.7 Å². The highest BCUT2D eigenvalue weighted by Crippen LogP contribution is 2.27. The molecule has 0 fully saturated rings. The van der Waals surface area contributed by atoms with E-state index in [4.69, 9.17) is 16.3 Å². The number of aromatic nitrogens is 5. The first kappa shape index (κ1) is 25.9. The lowest BCUT2D eigenvalue weighted by Gasteiger charge is -2.17. The van der Waals surface area contributed by atoms with E-state index in [-0.39, 0.29) is 40.1 Å². The maximum Gasteiger partial charge on any atom is 0.277 e. The molecule has 0 aliphatic heterocycles. The summed E-state index contributed by atoms with van der Waals surface area (Å²) in [5.74, 6) is -0.280. The highest BCUT2D eigenvalue weighted by molar-refractivity contribution is 6.31. The number of hydrogen-bond acceptors (Lipinski definition) is 8. The summed E-state index contributed by atoms with van der Waals surface area (Å²) in [6.45, 7) is 6.25. The summed E-state index contributed by atoms with van der Waals surface area (Å²) in [4.78, 5) is 30.1. The fourth-order valence-corrected chi connectivity index (χ4v) is 3.75. The Labute approximate surface area is 216 Å². The van der Waals surface area contributed by atoms with Crippen LogP contribution in [0.25, 0.3) is 17.1 Å². The van der Waals surface area contributed by atoms with E-state index in [0.717, 1.165) is 0 Å². The van der Waals surface area contributed by atoms with Crippen molar-refractivity contribution in [3.63, 3.8) is 0 Å². The first-order chi connectivity index (χ1) is 17.5. The van der Waals surface area contributed by atoms with Crippen molar-refractivity contribution in [3.8, 4) is 28.9 Å². The van der Waals surface area contributed by atoms with Crippen molar-refractivity contribution in [2.45, 2.75) is 39.9 Å². The second-order valence-electron chi connectivity index (χ2n) is 8.86. The average molecular weight is 521 g/mol. The minimum absolute atomic E-state index is 0.0561. The van der Waals surface area contributed by atoms with Crippen LogP contribution in [0.5, 0.6) is 5.75 Å². The molecule has 1 N–H and O–H groups in total. The summed E-state index contributed by atoms with van der Waals surface area (Å²) in [6, 6.07) is 8.03. The molecular weight excluding hydrogens is 499 g/mol. The number of rotatable bonds is 6. The zero-order chi connectivity index (χ0) is 26.9. The number of halogens is 2. The van der Waals surface area contributed by atoms with Gasteiger partial charge >= 0.3 is 0 Å². The molecule has 0 aliphatic rings. The zero-order valence-electron chi connectivity index (χ0n) is 20.5. The SMILES string of the molecule is Cc1cnc(COc2cc(C)n(-c3cc(-c4ccnc(C(C)(C)O)n4)ncc3C#N)c(=O)c2Cl)c(F)c1. The average Bonchev–Trinajstić information content (AvgIpc) is 2.86. The Bertz CT molecular complexity index is 1610. The standard InChI is InChI=1S/C26H22ClFN6O3/c1-14-7-17(28)20(31-11-14)13-37-22-8-15(2)34(24(35)23(22)27)21-9-19(32-12-16(21)10-29)18-5-6-30-25(33-18)26(3,4)36/h5-9,11-12,36H,13H2,1-4H3. The lowest BCUT2D eigenvalue weighted by molar-refractivity contribution is 0.0688. The van der Waals surface area contributed by atoms with E-state index in [1.807, 2.05) is 6.07 Å². The van der Waals surface area contributed by atoms with Crippen LogP contribution in [0.2, 0.25) is 5.02 Å². The van der Waals surface area contributed by atoms with Crippen molar-refractivity contribution < 1.29 is 14.2 Å². The Hall–Kier alpha value is -4.20. The van der Waals surface area contributed by atoms with Gasteiger partial charge in [0.25, 0.3) is 5.56 Å². The van der Waals surface area contributed by atoms with Gasteiger partial charge < -0.3 is 9.84 Å². The van der Waals surface area contributed by atoms with Gasteiger partial charge in [-0.2, -0.15) is 5.26 Å². The van der Waals surface area contributed by atoms with Gasteiger partial charge in [0.05, 0.1) is 22.6 Å². The van der Waals surface area contributed by atoms with Crippen LogP contribution in [-0.4, -0.2) is 29.6 Å². The summed E-state index contributed by atoms with van der Waals surface area (Å²) in [6.07, 6.45) is 4.33. The van der Waals surface area contributed by atoms with Crippen LogP contribution in [-0.2, 0) is 12.2 Å². The molecule has 0 radical (unpaired) electrons. The van der Waals surface area contributed by atoms with Gasteiger partial charge in [-0.15, -0.1) is 0 Å². The van der Waals surface area contributed by atoms with Crippen LogP contribution < -0.4 is 10.3 Å². The highest BCUT2D eigenvalue weighted by atomic mass is 35.5. The van der Waals surface area contributed by atoms with Gasteiger partial charge in [-0.3, -0.25) is 19.3 Å². The molecule has 4 heterocycles. The van der Waals surface area contributed by atoms with Gasteiger partial charge in [0, 0.05) is 30.4 Å². The van der Waals surface area contributed by atoms with Crippen LogP contribution in [0, 0.1) is 31.0 Å². The summed E-state index contributed by atoms with van der Waals surface area (Å²) >= 11 is 6.36. The Morgan fingerprint density at radius 2 is 1.92 bits per heavy atom. The predicted octanol–water partition coefficient (Wildman–Crippen LogP) is 4.17. The van der Waals surface area contributed by atoms with Crippen LogP contribution in [0.3, 0.4) is 0 Å². The second-order valence-corrected chi connectivity index (χ2v) is 9.24. The van der Waals surface area contributed by atoms with E-state index >= 15 is 0 Å². The molecule has 4 aromatic rings. The van der Waals surface area contributed by atoms with E-state index in [9.17, 15) is 19.6 Å². The molecule has 0 saturated carbocycles. The number of aryl methyl sites for hydroxylation is 2. The van der Waals surface area contributed by atoms with Crippen molar-refractivity contribution in [3.05, 3.63) is 92.4 Å². The quantitative estimate of drug-likeness (QED) is 0.401. The third-order valence-corrected chi connectivity index (χ3v) is 5.77. The number of ether oxygens (including phenoxy) is 1. The molecule has 0 amide bonds. The molecule has 0 aromatic carbocycles. The largest absolute Gasteiger partial charge is 0.485 e. The van der Waals surface area contributed by atoms with Crippen LogP contribution >= 0.6 is 11.6 Å². The topological polar surface area (TPSA) is 127 Å². The van der Waals surface area contributed by atoms with Gasteiger partial charge in [0.1, 0.15) is 40.6 Å². The molecule has 9 nitrogen and oxygen atoms in total. The Morgan fingerprint density at radius 1 is 1.16 bits per heavy atom. The Kier molecular flexibility index (Phi) is 7.03. The van der Waals surface area contributed by atoms with Crippen LogP contribution in [0.1, 0.15) is 42.2 Å². The van der Waals surface area contributed by atoms with Crippen molar-refractivity contribution in [2.75, 3.05) is 0 Å². The molecule has 11 heteroatoms. The number of hydrogen-bond donors (Lipinski definition) is 1. The molecule has 0 saturated heterocycles. The molecule has 0 aliphatic carbocycles. The Balaban J connectivity index is 1.76. The van der Waals surface area contributed by atoms with Crippen molar-refractivity contribution in [1.82, 2.24) is 24.5 Å². The van der Waals surface area contributed by atoms with Crippen molar-refractivity contribution in [1.29, 1.82) is 5.26 Å². The number of nitriles is 1. The fraction of sp³-hybridized carbons (Fsp3) is 0.231. The first-order valence-electron chi connectivity index (χ1n) is 11.1. The van der Waals surface area contributed by atoms with Gasteiger partial charge in [-0.05, 0) is 51.5 Å². The predicted molar refractivity (Wildman–Crippen MR) is 134 cm³/mol. The van der Waals surface area contributed by atoms with Gasteiger partial charge in [0.2, 0.25) is 0 Å². The Morgan fingerprint density at radius 3 is 2.59 bits per heavy atom. The van der Waals surface area contributed by atoms with Crippen molar-refractivity contribution >= 4 is 11.6 Å². The monoisotopic (exact) mass is 520 g/mol. The highest BCUT2D eigenvalue weighted by Gasteiger charge is 2.22. The summed E-state index contributed by atoms with van der Waals surface area (Å²) < 4.78 is 21.0. The third-order valence-electron chi connectivity index (χ3n) is 5.43. The molecule has 0 bridgehead atoms. The third kappa shape index (κ3) is 5.33. The van der Waals surface area contributed by atoms with E-state index in [0.29, 0.717) is 22.6 Å². The summed E-state index contributed by atoms with van der Waals surface area (Å²) in [5, 5.41) is 19.7. The molecule has 0 spiro atoms. The van der Waals surface area contributed by atoms with E-state index in [1.165, 1.54) is 41.4 Å².